The number of halogens is 1. The van der Waals surface area contributed by atoms with Gasteiger partial charge in [0.15, 0.2) is 0 Å². The lowest BCUT2D eigenvalue weighted by Gasteiger charge is -2.27. The molecule has 0 atom stereocenters. The molecule has 1 aliphatic rings. The summed E-state index contributed by atoms with van der Waals surface area (Å²) in [6.07, 6.45) is 2.01. The predicted octanol–water partition coefficient (Wildman–Crippen LogP) is 2.24. The molecule has 3 rings (SSSR count). The molecule has 1 N–H and O–H groups in total. The van der Waals surface area contributed by atoms with E-state index in [1.165, 1.54) is 0 Å². The topological polar surface area (TPSA) is 34.1 Å². The number of hydrogen-bond acceptors (Lipinski definition) is 3. The van der Waals surface area contributed by atoms with Crippen LogP contribution in [0.25, 0.3) is 10.8 Å². The van der Waals surface area contributed by atoms with Gasteiger partial charge in [-0.15, -0.1) is 0 Å². The number of nitrogens with zero attached hydrogens (tertiary/aromatic N) is 1. The van der Waals surface area contributed by atoms with Crippen LogP contribution < -0.4 is 10.1 Å². The van der Waals surface area contributed by atoms with Crippen molar-refractivity contribution in [1.82, 2.24) is 10.3 Å². The van der Waals surface area contributed by atoms with Gasteiger partial charge in [0, 0.05) is 24.7 Å². The van der Waals surface area contributed by atoms with Gasteiger partial charge in [0.25, 0.3) is 0 Å². The number of nitrogens with one attached hydrogen (secondary N) is 1. The Hall–Kier alpha value is -1.32. The molecule has 0 bridgehead atoms. The van der Waals surface area contributed by atoms with Crippen LogP contribution in [-0.4, -0.2) is 24.2 Å². The van der Waals surface area contributed by atoms with E-state index in [9.17, 15) is 0 Å². The first-order chi connectivity index (χ1) is 7.83. The molecule has 1 aromatic carbocycles. The van der Waals surface area contributed by atoms with Crippen molar-refractivity contribution in [1.29, 1.82) is 0 Å². The van der Waals surface area contributed by atoms with Gasteiger partial charge >= 0.3 is 0 Å². The van der Waals surface area contributed by atoms with Crippen LogP contribution in [0.1, 0.15) is 0 Å². The zero-order valence-electron chi connectivity index (χ0n) is 8.61. The molecule has 0 aliphatic carbocycles. The van der Waals surface area contributed by atoms with E-state index < -0.39 is 0 Å². The fourth-order valence-electron chi connectivity index (χ4n) is 1.73. The van der Waals surface area contributed by atoms with Gasteiger partial charge in [-0.3, -0.25) is 0 Å². The van der Waals surface area contributed by atoms with E-state index >= 15 is 0 Å². The quantitative estimate of drug-likeness (QED) is 0.810. The minimum Gasteiger partial charge on any atom is -0.488 e. The number of pyridine rings is 1. The molecule has 1 aliphatic heterocycles. The van der Waals surface area contributed by atoms with Crippen LogP contribution in [0.5, 0.6) is 5.75 Å². The van der Waals surface area contributed by atoms with Gasteiger partial charge < -0.3 is 10.1 Å². The second kappa shape index (κ2) is 3.92. The third kappa shape index (κ3) is 1.72. The molecule has 0 saturated carbocycles. The average molecular weight is 235 g/mol. The largest absolute Gasteiger partial charge is 0.488 e. The fraction of sp³-hybridized carbons (Fsp3) is 0.250. The number of aromatic nitrogens is 1. The van der Waals surface area contributed by atoms with Crippen LogP contribution in [-0.2, 0) is 0 Å². The molecule has 16 heavy (non-hydrogen) atoms. The molecule has 2 aromatic rings. The molecule has 4 heteroatoms. The highest BCUT2D eigenvalue weighted by molar-refractivity contribution is 6.34. The standard InChI is InChI=1S/C12H11ClN2O/c13-12-11-2-1-9(16-10-6-14-7-10)5-8(11)3-4-15-12/h1-5,10,14H,6-7H2. The first-order valence-corrected chi connectivity index (χ1v) is 5.62. The van der Waals surface area contributed by atoms with Crippen molar-refractivity contribution in [3.05, 3.63) is 35.6 Å². The summed E-state index contributed by atoms with van der Waals surface area (Å²) < 4.78 is 5.77. The number of benzene rings is 1. The fourth-order valence-corrected chi connectivity index (χ4v) is 1.96. The minimum absolute atomic E-state index is 0.301. The van der Waals surface area contributed by atoms with Crippen molar-refractivity contribution in [3.8, 4) is 5.75 Å². The summed E-state index contributed by atoms with van der Waals surface area (Å²) >= 11 is 5.99. The van der Waals surface area contributed by atoms with Gasteiger partial charge in [-0.2, -0.15) is 0 Å². The lowest BCUT2D eigenvalue weighted by Crippen LogP contribution is -2.50. The van der Waals surface area contributed by atoms with E-state index in [2.05, 4.69) is 10.3 Å². The van der Waals surface area contributed by atoms with Gasteiger partial charge in [0.1, 0.15) is 17.0 Å². The molecule has 1 aromatic heterocycles. The third-order valence-electron chi connectivity index (χ3n) is 2.73. The second-order valence-corrected chi connectivity index (χ2v) is 4.24. The molecule has 1 saturated heterocycles. The first-order valence-electron chi connectivity index (χ1n) is 5.24. The van der Waals surface area contributed by atoms with E-state index in [4.69, 9.17) is 16.3 Å². The Morgan fingerprint density at radius 3 is 2.94 bits per heavy atom. The van der Waals surface area contributed by atoms with Crippen LogP contribution in [0.3, 0.4) is 0 Å². The Bertz CT molecular complexity index is 525. The van der Waals surface area contributed by atoms with E-state index in [-0.39, 0.29) is 0 Å². The monoisotopic (exact) mass is 234 g/mol. The lowest BCUT2D eigenvalue weighted by atomic mass is 10.1. The minimum atomic E-state index is 0.301. The summed E-state index contributed by atoms with van der Waals surface area (Å²) in [5.74, 6) is 0.890. The van der Waals surface area contributed by atoms with Crippen molar-refractivity contribution in [2.24, 2.45) is 0 Å². The molecule has 0 amide bonds. The Balaban J connectivity index is 1.95. The van der Waals surface area contributed by atoms with E-state index in [1.807, 2.05) is 24.3 Å². The summed E-state index contributed by atoms with van der Waals surface area (Å²) in [7, 11) is 0. The zero-order chi connectivity index (χ0) is 11.0. The van der Waals surface area contributed by atoms with Crippen molar-refractivity contribution < 1.29 is 4.74 Å². The number of hydrogen-bond donors (Lipinski definition) is 1. The molecule has 0 spiro atoms. The highest BCUT2D eigenvalue weighted by atomic mass is 35.5. The van der Waals surface area contributed by atoms with Gasteiger partial charge in [-0.25, -0.2) is 4.98 Å². The van der Waals surface area contributed by atoms with Crippen LogP contribution in [0.15, 0.2) is 30.5 Å². The van der Waals surface area contributed by atoms with Crippen molar-refractivity contribution >= 4 is 22.4 Å². The Morgan fingerprint density at radius 1 is 1.31 bits per heavy atom. The lowest BCUT2D eigenvalue weighted by molar-refractivity contribution is 0.142. The number of fused-ring (bicyclic) bond motifs is 1. The highest BCUT2D eigenvalue weighted by Gasteiger charge is 2.18. The molecule has 2 heterocycles. The van der Waals surface area contributed by atoms with Crippen LogP contribution >= 0.6 is 11.6 Å². The van der Waals surface area contributed by atoms with Crippen molar-refractivity contribution in [2.45, 2.75) is 6.10 Å². The normalized spacial score (nSPS) is 16.1. The van der Waals surface area contributed by atoms with E-state index in [1.54, 1.807) is 6.20 Å². The average Bonchev–Trinajstić information content (AvgIpc) is 2.24. The first kappa shape index (κ1) is 9.87. The molecular weight excluding hydrogens is 224 g/mol. The maximum absolute atomic E-state index is 5.99. The van der Waals surface area contributed by atoms with Gasteiger partial charge in [0.05, 0.1) is 0 Å². The third-order valence-corrected chi connectivity index (χ3v) is 3.04. The van der Waals surface area contributed by atoms with E-state index in [0.29, 0.717) is 11.3 Å². The molecule has 0 unspecified atom stereocenters. The van der Waals surface area contributed by atoms with Gasteiger partial charge in [0.2, 0.25) is 0 Å². The smallest absolute Gasteiger partial charge is 0.136 e. The van der Waals surface area contributed by atoms with Gasteiger partial charge in [-0.1, -0.05) is 11.6 Å². The summed E-state index contributed by atoms with van der Waals surface area (Å²) in [4.78, 5) is 4.04. The summed E-state index contributed by atoms with van der Waals surface area (Å²) in [5.41, 5.74) is 0. The molecule has 1 fully saturated rings. The van der Waals surface area contributed by atoms with Crippen LogP contribution in [0.4, 0.5) is 0 Å². The second-order valence-electron chi connectivity index (χ2n) is 3.88. The maximum atomic E-state index is 5.99. The van der Waals surface area contributed by atoms with Gasteiger partial charge in [-0.05, 0) is 29.7 Å². The SMILES string of the molecule is Clc1nccc2cc(OC3CNC3)ccc12. The molecular formula is C12H11ClN2O. The summed E-state index contributed by atoms with van der Waals surface area (Å²) in [6.45, 7) is 1.85. The predicted molar refractivity (Wildman–Crippen MR) is 64.0 cm³/mol. The van der Waals surface area contributed by atoms with Crippen LogP contribution in [0, 0.1) is 0 Å². The number of rotatable bonds is 2. The summed E-state index contributed by atoms with van der Waals surface area (Å²) in [6, 6.07) is 7.83. The molecule has 0 radical (unpaired) electrons. The Morgan fingerprint density at radius 2 is 2.19 bits per heavy atom. The Kier molecular flexibility index (Phi) is 2.42. The van der Waals surface area contributed by atoms with Crippen molar-refractivity contribution in [2.75, 3.05) is 13.1 Å². The Labute approximate surface area is 98.4 Å². The van der Waals surface area contributed by atoms with Crippen molar-refractivity contribution in [3.63, 3.8) is 0 Å². The highest BCUT2D eigenvalue weighted by Crippen LogP contribution is 2.25. The zero-order valence-corrected chi connectivity index (χ0v) is 9.37. The maximum Gasteiger partial charge on any atom is 0.136 e. The molecule has 82 valence electrons. The van der Waals surface area contributed by atoms with E-state index in [0.717, 1.165) is 29.6 Å². The number of ether oxygens (including phenoxy) is 1. The molecule has 3 nitrogen and oxygen atoms in total. The summed E-state index contributed by atoms with van der Waals surface area (Å²) in [5, 5.41) is 5.73. The van der Waals surface area contributed by atoms with Crippen LogP contribution in [0.2, 0.25) is 5.15 Å².